The van der Waals surface area contributed by atoms with E-state index in [9.17, 15) is 4.79 Å². The van der Waals surface area contributed by atoms with Crippen molar-refractivity contribution in [3.63, 3.8) is 0 Å². The molecule has 0 unspecified atom stereocenters. The number of amides is 1. The van der Waals surface area contributed by atoms with Crippen LogP contribution in [0.1, 0.15) is 38.9 Å². The number of aromatic nitrogens is 3. The summed E-state index contributed by atoms with van der Waals surface area (Å²) in [5, 5.41) is 9.53. The van der Waals surface area contributed by atoms with E-state index in [0.717, 1.165) is 31.5 Å². The van der Waals surface area contributed by atoms with Gasteiger partial charge in [0.2, 0.25) is 5.91 Å². The van der Waals surface area contributed by atoms with Gasteiger partial charge in [-0.1, -0.05) is 13.8 Å². The fourth-order valence-corrected chi connectivity index (χ4v) is 1.95. The van der Waals surface area contributed by atoms with Gasteiger partial charge in [-0.15, -0.1) is 0 Å². The van der Waals surface area contributed by atoms with Crippen molar-refractivity contribution in [2.24, 2.45) is 11.1 Å². The summed E-state index contributed by atoms with van der Waals surface area (Å²) in [5.41, 5.74) is 5.32. The van der Waals surface area contributed by atoms with E-state index in [1.54, 1.807) is 0 Å². The maximum absolute atomic E-state index is 12.1. The van der Waals surface area contributed by atoms with Gasteiger partial charge in [-0.25, -0.2) is 4.98 Å². The highest BCUT2D eigenvalue weighted by Crippen LogP contribution is 2.24. The van der Waals surface area contributed by atoms with Crippen LogP contribution in [0.5, 0.6) is 0 Å². The number of aromatic amines is 1. The van der Waals surface area contributed by atoms with E-state index in [1.807, 2.05) is 13.8 Å². The highest BCUT2D eigenvalue weighted by atomic mass is 16.2. The molecule has 6 nitrogen and oxygen atoms in total. The fourth-order valence-electron chi connectivity index (χ4n) is 1.95. The quantitative estimate of drug-likeness (QED) is 0.592. The van der Waals surface area contributed by atoms with Crippen molar-refractivity contribution in [3.05, 3.63) is 12.2 Å². The SMILES string of the molecule is CCC(CC)(CN)C(=O)NCCCc1ncn[nH]1. The number of nitrogens with zero attached hydrogens (tertiary/aromatic N) is 2. The summed E-state index contributed by atoms with van der Waals surface area (Å²) < 4.78 is 0. The Bertz CT molecular complexity index is 337. The van der Waals surface area contributed by atoms with Crippen LogP contribution < -0.4 is 11.1 Å². The molecule has 4 N–H and O–H groups in total. The third-order valence-electron chi connectivity index (χ3n) is 3.57. The van der Waals surface area contributed by atoms with Crippen LogP contribution in [-0.4, -0.2) is 34.2 Å². The molecule has 6 heteroatoms. The first-order valence-corrected chi connectivity index (χ1v) is 6.51. The minimum absolute atomic E-state index is 0.0626. The number of nitrogens with one attached hydrogen (secondary N) is 2. The Labute approximate surface area is 108 Å². The van der Waals surface area contributed by atoms with E-state index in [1.165, 1.54) is 6.33 Å². The summed E-state index contributed by atoms with van der Waals surface area (Å²) in [4.78, 5) is 16.1. The summed E-state index contributed by atoms with van der Waals surface area (Å²) in [6, 6.07) is 0. The summed E-state index contributed by atoms with van der Waals surface area (Å²) in [6.07, 6.45) is 4.66. The molecular weight excluding hydrogens is 230 g/mol. The lowest BCUT2D eigenvalue weighted by Gasteiger charge is -2.28. The van der Waals surface area contributed by atoms with Crippen LogP contribution in [0.3, 0.4) is 0 Å². The zero-order valence-electron chi connectivity index (χ0n) is 11.2. The van der Waals surface area contributed by atoms with Crippen molar-refractivity contribution < 1.29 is 4.79 Å². The Morgan fingerprint density at radius 3 is 2.72 bits per heavy atom. The van der Waals surface area contributed by atoms with Crippen LogP contribution in [0.2, 0.25) is 0 Å². The maximum atomic E-state index is 12.1. The highest BCUT2D eigenvalue weighted by molar-refractivity contribution is 5.82. The molecule has 18 heavy (non-hydrogen) atoms. The van der Waals surface area contributed by atoms with Gasteiger partial charge in [-0.3, -0.25) is 9.89 Å². The van der Waals surface area contributed by atoms with E-state index in [-0.39, 0.29) is 5.91 Å². The van der Waals surface area contributed by atoms with Crippen LogP contribution in [0, 0.1) is 5.41 Å². The molecular formula is C12H23N5O. The molecule has 1 aromatic rings. The summed E-state index contributed by atoms with van der Waals surface area (Å²) in [5.74, 6) is 0.910. The highest BCUT2D eigenvalue weighted by Gasteiger charge is 2.32. The second kappa shape index (κ2) is 7.10. The Hall–Kier alpha value is -1.43. The minimum atomic E-state index is -0.410. The fraction of sp³-hybridized carbons (Fsp3) is 0.750. The molecule has 0 saturated heterocycles. The maximum Gasteiger partial charge on any atom is 0.227 e. The van der Waals surface area contributed by atoms with E-state index in [4.69, 9.17) is 5.73 Å². The molecule has 0 aliphatic rings. The summed E-state index contributed by atoms with van der Waals surface area (Å²) in [6.45, 7) is 5.05. The normalized spacial score (nSPS) is 11.5. The predicted octanol–water partition coefficient (Wildman–Crippen LogP) is 0.619. The zero-order chi connectivity index (χ0) is 13.4. The molecule has 1 rings (SSSR count). The molecule has 0 radical (unpaired) electrons. The molecule has 102 valence electrons. The molecule has 0 spiro atoms. The third-order valence-corrected chi connectivity index (χ3v) is 3.57. The van der Waals surface area contributed by atoms with Gasteiger partial charge in [0.05, 0.1) is 5.41 Å². The summed E-state index contributed by atoms with van der Waals surface area (Å²) >= 11 is 0. The topological polar surface area (TPSA) is 96.7 Å². The van der Waals surface area contributed by atoms with Gasteiger partial charge in [0.15, 0.2) is 0 Å². The van der Waals surface area contributed by atoms with Crippen molar-refractivity contribution in [1.29, 1.82) is 0 Å². The van der Waals surface area contributed by atoms with Crippen LogP contribution in [0.25, 0.3) is 0 Å². The molecule has 1 amide bonds. The molecule has 0 fully saturated rings. The number of carbonyl (C=O) groups excluding carboxylic acids is 1. The Morgan fingerprint density at radius 2 is 2.22 bits per heavy atom. The van der Waals surface area contributed by atoms with Gasteiger partial charge >= 0.3 is 0 Å². The van der Waals surface area contributed by atoms with Crippen molar-refractivity contribution in [2.45, 2.75) is 39.5 Å². The van der Waals surface area contributed by atoms with Crippen molar-refractivity contribution in [1.82, 2.24) is 20.5 Å². The lowest BCUT2D eigenvalue weighted by molar-refractivity contribution is -0.131. The van der Waals surface area contributed by atoms with Crippen LogP contribution in [-0.2, 0) is 11.2 Å². The van der Waals surface area contributed by atoms with Gasteiger partial charge < -0.3 is 11.1 Å². The molecule has 0 aliphatic carbocycles. The van der Waals surface area contributed by atoms with Gasteiger partial charge in [0.1, 0.15) is 12.2 Å². The van der Waals surface area contributed by atoms with E-state index in [0.29, 0.717) is 13.1 Å². The van der Waals surface area contributed by atoms with Crippen molar-refractivity contribution in [2.75, 3.05) is 13.1 Å². The second-order valence-corrected chi connectivity index (χ2v) is 4.48. The number of aryl methyl sites for hydroxylation is 1. The number of hydrogen-bond acceptors (Lipinski definition) is 4. The van der Waals surface area contributed by atoms with Crippen molar-refractivity contribution in [3.8, 4) is 0 Å². The van der Waals surface area contributed by atoms with Gasteiger partial charge in [-0.2, -0.15) is 5.10 Å². The zero-order valence-corrected chi connectivity index (χ0v) is 11.2. The monoisotopic (exact) mass is 253 g/mol. The number of nitrogens with two attached hydrogens (primary N) is 1. The molecule has 0 saturated carbocycles. The molecule has 0 atom stereocenters. The molecule has 1 aromatic heterocycles. The smallest absolute Gasteiger partial charge is 0.227 e. The lowest BCUT2D eigenvalue weighted by Crippen LogP contribution is -2.45. The molecule has 1 heterocycles. The first-order chi connectivity index (χ1) is 8.68. The molecule has 0 bridgehead atoms. The number of carbonyl (C=O) groups is 1. The first-order valence-electron chi connectivity index (χ1n) is 6.51. The third kappa shape index (κ3) is 3.53. The standard InChI is InChI=1S/C12H23N5O/c1-3-12(4-2,8-13)11(18)14-7-5-6-10-15-9-16-17-10/h9H,3-8,13H2,1-2H3,(H,14,18)(H,15,16,17). The Kier molecular flexibility index (Phi) is 5.77. The van der Waals surface area contributed by atoms with Crippen LogP contribution >= 0.6 is 0 Å². The predicted molar refractivity (Wildman–Crippen MR) is 69.8 cm³/mol. The van der Waals surface area contributed by atoms with E-state index < -0.39 is 5.41 Å². The van der Waals surface area contributed by atoms with Crippen LogP contribution in [0.15, 0.2) is 6.33 Å². The number of rotatable bonds is 8. The largest absolute Gasteiger partial charge is 0.356 e. The Balaban J connectivity index is 2.31. The van der Waals surface area contributed by atoms with Gasteiger partial charge in [-0.05, 0) is 19.3 Å². The lowest BCUT2D eigenvalue weighted by atomic mass is 9.81. The first kappa shape index (κ1) is 14.6. The van der Waals surface area contributed by atoms with E-state index in [2.05, 4.69) is 20.5 Å². The average molecular weight is 253 g/mol. The average Bonchev–Trinajstić information content (AvgIpc) is 2.90. The van der Waals surface area contributed by atoms with Gasteiger partial charge in [0, 0.05) is 19.5 Å². The second-order valence-electron chi connectivity index (χ2n) is 4.48. The molecule has 0 aromatic carbocycles. The van der Waals surface area contributed by atoms with E-state index >= 15 is 0 Å². The summed E-state index contributed by atoms with van der Waals surface area (Å²) in [7, 11) is 0. The van der Waals surface area contributed by atoms with Crippen molar-refractivity contribution >= 4 is 5.91 Å². The minimum Gasteiger partial charge on any atom is -0.356 e. The van der Waals surface area contributed by atoms with Crippen LogP contribution in [0.4, 0.5) is 0 Å². The Morgan fingerprint density at radius 1 is 1.50 bits per heavy atom. The number of H-pyrrole nitrogens is 1. The number of hydrogen-bond donors (Lipinski definition) is 3. The molecule has 0 aliphatic heterocycles. The van der Waals surface area contributed by atoms with Gasteiger partial charge in [0.25, 0.3) is 0 Å².